The molecule has 0 aliphatic heterocycles. The van der Waals surface area contributed by atoms with Crippen LogP contribution in [0, 0.1) is 5.92 Å². The summed E-state index contributed by atoms with van der Waals surface area (Å²) in [4.78, 5) is 11.3. The molecule has 0 rings (SSSR count). The number of carbonyl (C=O) groups is 1. The lowest BCUT2D eigenvalue weighted by Gasteiger charge is -2.14. The minimum Gasteiger partial charge on any atom is -0.396 e. The van der Waals surface area contributed by atoms with E-state index in [-0.39, 0.29) is 24.9 Å². The van der Waals surface area contributed by atoms with Crippen molar-refractivity contribution in [3.63, 3.8) is 0 Å². The second-order valence-electron chi connectivity index (χ2n) is 3.80. The number of halogens is 1. The highest BCUT2D eigenvalue weighted by Crippen LogP contribution is 2.05. The largest absolute Gasteiger partial charge is 0.396 e. The van der Waals surface area contributed by atoms with Gasteiger partial charge in [0, 0.05) is 19.6 Å². The Morgan fingerprint density at radius 3 is 2.62 bits per heavy atom. The molecule has 0 bridgehead atoms. The van der Waals surface area contributed by atoms with E-state index in [1.807, 2.05) is 7.05 Å². The summed E-state index contributed by atoms with van der Waals surface area (Å²) < 4.78 is 0. The normalized spacial score (nSPS) is 11.7. The van der Waals surface area contributed by atoms with Crippen LogP contribution in [0.25, 0.3) is 0 Å². The first-order chi connectivity index (χ1) is 7.24. The maximum Gasteiger partial charge on any atom is 0.220 e. The van der Waals surface area contributed by atoms with Crippen LogP contribution in [0.3, 0.4) is 0 Å². The predicted octanol–water partition coefficient (Wildman–Crippen LogP) is 0.933. The summed E-state index contributed by atoms with van der Waals surface area (Å²) in [6.07, 6.45) is 3.22. The average molecular weight is 253 g/mol. The topological polar surface area (TPSA) is 61.4 Å². The number of aliphatic hydroxyl groups excluding tert-OH is 1. The third-order valence-corrected chi connectivity index (χ3v) is 2.53. The van der Waals surface area contributed by atoms with Gasteiger partial charge in [-0.1, -0.05) is 13.3 Å². The van der Waals surface area contributed by atoms with Gasteiger partial charge in [-0.15, -0.1) is 12.4 Å². The smallest absolute Gasteiger partial charge is 0.220 e. The van der Waals surface area contributed by atoms with Crippen LogP contribution in [0.2, 0.25) is 0 Å². The molecule has 5 heteroatoms. The van der Waals surface area contributed by atoms with E-state index >= 15 is 0 Å². The molecule has 1 atom stereocenters. The maximum absolute atomic E-state index is 11.3. The zero-order chi connectivity index (χ0) is 11.5. The molecule has 0 saturated heterocycles. The first kappa shape index (κ1) is 18.1. The Bertz CT molecular complexity index is 168. The summed E-state index contributed by atoms with van der Waals surface area (Å²) in [6, 6.07) is 0. The van der Waals surface area contributed by atoms with Gasteiger partial charge in [0.1, 0.15) is 0 Å². The van der Waals surface area contributed by atoms with Crippen LogP contribution in [0.1, 0.15) is 32.6 Å². The third-order valence-electron chi connectivity index (χ3n) is 2.53. The number of hydrogen-bond donors (Lipinski definition) is 3. The SMILES string of the molecule is CCC(CCO)CNC(=O)CCCNC.Cl. The summed E-state index contributed by atoms with van der Waals surface area (Å²) in [5.74, 6) is 0.518. The highest BCUT2D eigenvalue weighted by atomic mass is 35.5. The van der Waals surface area contributed by atoms with Crippen LogP contribution < -0.4 is 10.6 Å². The molecule has 1 unspecified atom stereocenters. The highest BCUT2D eigenvalue weighted by Gasteiger charge is 2.07. The van der Waals surface area contributed by atoms with E-state index in [0.29, 0.717) is 18.9 Å². The molecule has 4 nitrogen and oxygen atoms in total. The Morgan fingerprint density at radius 1 is 1.44 bits per heavy atom. The molecule has 0 saturated carbocycles. The molecular formula is C11H25ClN2O2. The van der Waals surface area contributed by atoms with Crippen molar-refractivity contribution >= 4 is 18.3 Å². The molecule has 3 N–H and O–H groups in total. The zero-order valence-corrected chi connectivity index (χ0v) is 11.1. The number of aliphatic hydroxyl groups is 1. The van der Waals surface area contributed by atoms with Gasteiger partial charge in [-0.05, 0) is 32.4 Å². The fourth-order valence-corrected chi connectivity index (χ4v) is 1.41. The molecule has 0 fully saturated rings. The molecule has 0 aromatic heterocycles. The van der Waals surface area contributed by atoms with Crippen molar-refractivity contribution in [3.05, 3.63) is 0 Å². The molecule has 0 radical (unpaired) electrons. The lowest BCUT2D eigenvalue weighted by atomic mass is 10.0. The Morgan fingerprint density at radius 2 is 2.12 bits per heavy atom. The minimum atomic E-state index is 0. The monoisotopic (exact) mass is 252 g/mol. The van der Waals surface area contributed by atoms with Crippen molar-refractivity contribution in [2.45, 2.75) is 32.6 Å². The Labute approximate surface area is 105 Å². The van der Waals surface area contributed by atoms with Crippen LogP contribution in [0.15, 0.2) is 0 Å². The summed E-state index contributed by atoms with van der Waals surface area (Å²) in [5, 5.41) is 14.7. The van der Waals surface area contributed by atoms with E-state index in [1.54, 1.807) is 0 Å². The molecule has 16 heavy (non-hydrogen) atoms. The van der Waals surface area contributed by atoms with Crippen molar-refractivity contribution in [3.8, 4) is 0 Å². The van der Waals surface area contributed by atoms with Gasteiger partial charge < -0.3 is 15.7 Å². The molecule has 0 aromatic carbocycles. The molecule has 1 amide bonds. The first-order valence-electron chi connectivity index (χ1n) is 5.76. The van der Waals surface area contributed by atoms with Crippen molar-refractivity contribution in [2.75, 3.05) is 26.7 Å². The lowest BCUT2D eigenvalue weighted by Crippen LogP contribution is -2.29. The lowest BCUT2D eigenvalue weighted by molar-refractivity contribution is -0.121. The number of hydrogen-bond acceptors (Lipinski definition) is 3. The Hall–Kier alpha value is -0.320. The van der Waals surface area contributed by atoms with Crippen LogP contribution in [0.5, 0.6) is 0 Å². The molecule has 98 valence electrons. The molecule has 0 heterocycles. The van der Waals surface area contributed by atoms with Gasteiger partial charge in [0.2, 0.25) is 5.91 Å². The summed E-state index contributed by atoms with van der Waals surface area (Å²) >= 11 is 0. The molecule has 0 aliphatic rings. The second-order valence-corrected chi connectivity index (χ2v) is 3.80. The van der Waals surface area contributed by atoms with Gasteiger partial charge in [0.15, 0.2) is 0 Å². The van der Waals surface area contributed by atoms with Crippen LogP contribution in [-0.2, 0) is 4.79 Å². The van der Waals surface area contributed by atoms with E-state index < -0.39 is 0 Å². The average Bonchev–Trinajstić information content (AvgIpc) is 2.24. The predicted molar refractivity (Wildman–Crippen MR) is 68.9 cm³/mol. The van der Waals surface area contributed by atoms with Crippen molar-refractivity contribution in [1.29, 1.82) is 0 Å². The summed E-state index contributed by atoms with van der Waals surface area (Å²) in [5.41, 5.74) is 0. The molecule has 0 aromatic rings. The Kier molecular flexibility index (Phi) is 14.4. The van der Waals surface area contributed by atoms with E-state index in [0.717, 1.165) is 25.8 Å². The van der Waals surface area contributed by atoms with E-state index in [4.69, 9.17) is 5.11 Å². The fraction of sp³-hybridized carbons (Fsp3) is 0.909. The second kappa shape index (κ2) is 12.7. The first-order valence-corrected chi connectivity index (χ1v) is 5.76. The zero-order valence-electron chi connectivity index (χ0n) is 10.3. The maximum atomic E-state index is 11.3. The molecule has 0 aliphatic carbocycles. The molecule has 0 spiro atoms. The van der Waals surface area contributed by atoms with Crippen LogP contribution in [-0.4, -0.2) is 37.8 Å². The number of nitrogens with one attached hydrogen (secondary N) is 2. The van der Waals surface area contributed by atoms with Gasteiger partial charge in [0.05, 0.1) is 0 Å². The van der Waals surface area contributed by atoms with Crippen molar-refractivity contribution in [1.82, 2.24) is 10.6 Å². The van der Waals surface area contributed by atoms with Gasteiger partial charge in [-0.25, -0.2) is 0 Å². The highest BCUT2D eigenvalue weighted by molar-refractivity contribution is 5.85. The summed E-state index contributed by atoms with van der Waals surface area (Å²) in [6.45, 7) is 3.85. The van der Waals surface area contributed by atoms with Gasteiger partial charge in [0.25, 0.3) is 0 Å². The van der Waals surface area contributed by atoms with Crippen LogP contribution >= 0.6 is 12.4 Å². The summed E-state index contributed by atoms with van der Waals surface area (Å²) in [7, 11) is 1.88. The number of carbonyl (C=O) groups excluding carboxylic acids is 1. The van der Waals surface area contributed by atoms with Crippen molar-refractivity contribution in [2.24, 2.45) is 5.92 Å². The van der Waals surface area contributed by atoms with Crippen molar-refractivity contribution < 1.29 is 9.90 Å². The third kappa shape index (κ3) is 10.2. The number of rotatable bonds is 9. The van der Waals surface area contributed by atoms with Gasteiger partial charge in [-0.3, -0.25) is 4.79 Å². The van der Waals surface area contributed by atoms with E-state index in [2.05, 4.69) is 17.6 Å². The van der Waals surface area contributed by atoms with E-state index in [1.165, 1.54) is 0 Å². The van der Waals surface area contributed by atoms with E-state index in [9.17, 15) is 4.79 Å². The minimum absolute atomic E-state index is 0. The standard InChI is InChI=1S/C11H24N2O2.ClH/c1-3-10(6-8-14)9-13-11(15)5-4-7-12-2;/h10,12,14H,3-9H2,1-2H3,(H,13,15);1H. The number of amides is 1. The van der Waals surface area contributed by atoms with Gasteiger partial charge in [-0.2, -0.15) is 0 Å². The quantitative estimate of drug-likeness (QED) is 0.535. The van der Waals surface area contributed by atoms with Crippen LogP contribution in [0.4, 0.5) is 0 Å². The van der Waals surface area contributed by atoms with Gasteiger partial charge >= 0.3 is 0 Å². The molecular weight excluding hydrogens is 228 g/mol. The Balaban J connectivity index is 0. The fourth-order valence-electron chi connectivity index (χ4n) is 1.41.